The van der Waals surface area contributed by atoms with E-state index in [4.69, 9.17) is 14.5 Å². The quantitative estimate of drug-likeness (QED) is 0.541. The Morgan fingerprint density at radius 1 is 1.11 bits per heavy atom. The number of allylic oxidation sites excluding steroid dienone is 1. The average Bonchev–Trinajstić information content (AvgIpc) is 3.05. The van der Waals surface area contributed by atoms with Crippen molar-refractivity contribution in [1.82, 2.24) is 9.55 Å². The fourth-order valence-electron chi connectivity index (χ4n) is 3.59. The SMILES string of the molecule is COCCOC(=O)C1=C(C)Nc2nc3ccccc3n2[C@H]1c1ccc(C)cc1. The van der Waals surface area contributed by atoms with Gasteiger partial charge in [-0.2, -0.15) is 0 Å². The predicted octanol–water partition coefficient (Wildman–Crippen LogP) is 3.82. The van der Waals surface area contributed by atoms with Gasteiger partial charge in [-0.1, -0.05) is 42.0 Å². The summed E-state index contributed by atoms with van der Waals surface area (Å²) in [6.45, 7) is 4.51. The van der Waals surface area contributed by atoms with Gasteiger partial charge in [-0.15, -0.1) is 0 Å². The van der Waals surface area contributed by atoms with Crippen molar-refractivity contribution in [2.45, 2.75) is 19.9 Å². The lowest BCUT2D eigenvalue weighted by Crippen LogP contribution is -2.29. The largest absolute Gasteiger partial charge is 0.460 e. The molecule has 0 spiro atoms. The first-order valence-corrected chi connectivity index (χ1v) is 9.27. The van der Waals surface area contributed by atoms with E-state index in [2.05, 4.69) is 34.1 Å². The molecule has 1 aliphatic heterocycles. The molecule has 0 fully saturated rings. The van der Waals surface area contributed by atoms with Gasteiger partial charge in [0.25, 0.3) is 0 Å². The standard InChI is InChI=1S/C22H23N3O3/c1-14-8-10-16(11-9-14)20-19(21(26)28-13-12-27-3)15(2)23-22-24-17-6-4-5-7-18(17)25(20)22/h4-11,20H,12-13H2,1-3H3,(H,23,24)/t20-/m0/s1. The molecule has 6 nitrogen and oxygen atoms in total. The summed E-state index contributed by atoms with van der Waals surface area (Å²) >= 11 is 0. The van der Waals surface area contributed by atoms with Crippen LogP contribution in [0.25, 0.3) is 11.0 Å². The van der Waals surface area contributed by atoms with Crippen LogP contribution in [0.1, 0.15) is 24.1 Å². The van der Waals surface area contributed by atoms with Crippen molar-refractivity contribution in [3.63, 3.8) is 0 Å². The Morgan fingerprint density at radius 3 is 2.61 bits per heavy atom. The van der Waals surface area contributed by atoms with E-state index in [9.17, 15) is 4.79 Å². The monoisotopic (exact) mass is 377 g/mol. The number of anilines is 1. The number of carbonyl (C=O) groups is 1. The maximum Gasteiger partial charge on any atom is 0.338 e. The zero-order valence-electron chi connectivity index (χ0n) is 16.2. The lowest BCUT2D eigenvalue weighted by atomic mass is 9.94. The number of imidazole rings is 1. The van der Waals surface area contributed by atoms with Crippen LogP contribution in [-0.4, -0.2) is 35.8 Å². The fraction of sp³-hybridized carbons (Fsp3) is 0.273. The van der Waals surface area contributed by atoms with Crippen LogP contribution in [0.3, 0.4) is 0 Å². The van der Waals surface area contributed by atoms with Gasteiger partial charge in [0.2, 0.25) is 5.95 Å². The number of carbonyl (C=O) groups excluding carboxylic acids is 1. The minimum Gasteiger partial charge on any atom is -0.460 e. The number of ether oxygens (including phenoxy) is 2. The number of methoxy groups -OCH3 is 1. The van der Waals surface area contributed by atoms with E-state index in [0.29, 0.717) is 12.2 Å². The van der Waals surface area contributed by atoms with E-state index in [1.807, 2.05) is 38.1 Å². The number of nitrogens with zero attached hydrogens (tertiary/aromatic N) is 2. The lowest BCUT2D eigenvalue weighted by Gasteiger charge is -2.30. The number of esters is 1. The van der Waals surface area contributed by atoms with Crippen molar-refractivity contribution in [3.8, 4) is 0 Å². The second-order valence-electron chi connectivity index (χ2n) is 6.90. The lowest BCUT2D eigenvalue weighted by molar-refractivity contribution is -0.140. The van der Waals surface area contributed by atoms with E-state index in [1.54, 1.807) is 7.11 Å². The Balaban J connectivity index is 1.86. The Kier molecular flexibility index (Phi) is 4.88. The molecular weight excluding hydrogens is 354 g/mol. The molecule has 0 amide bonds. The molecule has 2 heterocycles. The third kappa shape index (κ3) is 3.16. The number of hydrogen-bond donors (Lipinski definition) is 1. The van der Waals surface area contributed by atoms with Crippen molar-refractivity contribution in [2.75, 3.05) is 25.6 Å². The first-order valence-electron chi connectivity index (χ1n) is 9.27. The van der Waals surface area contributed by atoms with Crippen LogP contribution in [0.15, 0.2) is 59.8 Å². The number of benzene rings is 2. The highest BCUT2D eigenvalue weighted by molar-refractivity contribution is 5.94. The molecule has 1 aromatic heterocycles. The van der Waals surface area contributed by atoms with Gasteiger partial charge in [-0.3, -0.25) is 4.57 Å². The summed E-state index contributed by atoms with van der Waals surface area (Å²) in [6, 6.07) is 15.8. The van der Waals surface area contributed by atoms with Crippen molar-refractivity contribution in [1.29, 1.82) is 0 Å². The topological polar surface area (TPSA) is 65.4 Å². The fourth-order valence-corrected chi connectivity index (χ4v) is 3.59. The van der Waals surface area contributed by atoms with E-state index < -0.39 is 0 Å². The number of rotatable bonds is 5. The molecule has 3 aromatic rings. The number of aryl methyl sites for hydroxylation is 1. The molecular formula is C22H23N3O3. The van der Waals surface area contributed by atoms with Crippen molar-refractivity contribution in [2.24, 2.45) is 0 Å². The van der Waals surface area contributed by atoms with Crippen LogP contribution in [0.4, 0.5) is 5.95 Å². The minimum atomic E-state index is -0.351. The smallest absolute Gasteiger partial charge is 0.338 e. The van der Waals surface area contributed by atoms with Crippen LogP contribution >= 0.6 is 0 Å². The van der Waals surface area contributed by atoms with Crippen molar-refractivity contribution in [3.05, 3.63) is 70.9 Å². The Morgan fingerprint density at radius 2 is 1.86 bits per heavy atom. The molecule has 2 aromatic carbocycles. The van der Waals surface area contributed by atoms with Crippen molar-refractivity contribution < 1.29 is 14.3 Å². The van der Waals surface area contributed by atoms with Crippen LogP contribution < -0.4 is 5.32 Å². The summed E-state index contributed by atoms with van der Waals surface area (Å²) in [5.74, 6) is 0.369. The summed E-state index contributed by atoms with van der Waals surface area (Å²) in [4.78, 5) is 17.7. The van der Waals surface area contributed by atoms with Crippen LogP contribution in [0.2, 0.25) is 0 Å². The molecule has 1 aliphatic rings. The summed E-state index contributed by atoms with van der Waals surface area (Å²) < 4.78 is 12.6. The summed E-state index contributed by atoms with van der Waals surface area (Å²) in [6.07, 6.45) is 0. The molecule has 0 bridgehead atoms. The number of fused-ring (bicyclic) bond motifs is 3. The Hall–Kier alpha value is -3.12. The molecule has 0 saturated carbocycles. The first-order chi connectivity index (χ1) is 13.6. The molecule has 28 heavy (non-hydrogen) atoms. The molecule has 0 unspecified atom stereocenters. The van der Waals surface area contributed by atoms with E-state index in [1.165, 1.54) is 5.56 Å². The van der Waals surface area contributed by atoms with E-state index in [0.717, 1.165) is 28.2 Å². The van der Waals surface area contributed by atoms with Crippen molar-refractivity contribution >= 4 is 23.0 Å². The molecule has 1 N–H and O–H groups in total. The van der Waals surface area contributed by atoms with Gasteiger partial charge in [-0.05, 0) is 31.5 Å². The highest BCUT2D eigenvalue weighted by Gasteiger charge is 2.34. The van der Waals surface area contributed by atoms with Gasteiger partial charge >= 0.3 is 5.97 Å². The number of para-hydroxylation sites is 2. The molecule has 1 atom stereocenters. The molecule has 4 rings (SSSR count). The second kappa shape index (κ2) is 7.48. The zero-order chi connectivity index (χ0) is 19.7. The normalized spacial score (nSPS) is 16.0. The first kappa shape index (κ1) is 18.3. The minimum absolute atomic E-state index is 0.213. The van der Waals surface area contributed by atoms with Gasteiger partial charge in [-0.25, -0.2) is 9.78 Å². The van der Waals surface area contributed by atoms with E-state index >= 15 is 0 Å². The number of nitrogens with one attached hydrogen (secondary N) is 1. The highest BCUT2D eigenvalue weighted by Crippen LogP contribution is 2.39. The van der Waals surface area contributed by atoms with Gasteiger partial charge in [0, 0.05) is 12.8 Å². The maximum atomic E-state index is 13.0. The molecule has 0 aliphatic carbocycles. The van der Waals surface area contributed by atoms with Crippen LogP contribution in [-0.2, 0) is 14.3 Å². The summed E-state index contributed by atoms with van der Waals surface area (Å²) in [7, 11) is 1.58. The van der Waals surface area contributed by atoms with Gasteiger partial charge in [0.1, 0.15) is 6.61 Å². The molecule has 6 heteroatoms. The molecule has 144 valence electrons. The molecule has 0 radical (unpaired) electrons. The third-order valence-corrected chi connectivity index (χ3v) is 4.96. The second-order valence-corrected chi connectivity index (χ2v) is 6.90. The highest BCUT2D eigenvalue weighted by atomic mass is 16.6. The number of hydrogen-bond acceptors (Lipinski definition) is 5. The zero-order valence-corrected chi connectivity index (χ0v) is 16.2. The number of aromatic nitrogens is 2. The predicted molar refractivity (Wildman–Crippen MR) is 108 cm³/mol. The molecule has 0 saturated heterocycles. The maximum absolute atomic E-state index is 13.0. The Labute approximate surface area is 163 Å². The van der Waals surface area contributed by atoms with Crippen LogP contribution in [0, 0.1) is 6.92 Å². The van der Waals surface area contributed by atoms with E-state index in [-0.39, 0.29) is 18.6 Å². The summed E-state index contributed by atoms with van der Waals surface area (Å²) in [5.41, 5.74) is 5.34. The van der Waals surface area contributed by atoms with Gasteiger partial charge in [0.05, 0.1) is 29.3 Å². The van der Waals surface area contributed by atoms with Crippen LogP contribution in [0.5, 0.6) is 0 Å². The van der Waals surface area contributed by atoms with Gasteiger partial charge in [0.15, 0.2) is 0 Å². The van der Waals surface area contributed by atoms with Gasteiger partial charge < -0.3 is 14.8 Å². The average molecular weight is 377 g/mol. The Bertz CT molecular complexity index is 1050. The third-order valence-electron chi connectivity index (χ3n) is 4.96. The summed E-state index contributed by atoms with van der Waals surface area (Å²) in [5, 5.41) is 3.28.